The van der Waals surface area contributed by atoms with E-state index in [1.807, 2.05) is 20.8 Å². The third kappa shape index (κ3) is 4.02. The second-order valence-electron chi connectivity index (χ2n) is 3.53. The van der Waals surface area contributed by atoms with Gasteiger partial charge in [0.1, 0.15) is 11.1 Å². The Bertz CT molecular complexity index is 157. The van der Waals surface area contributed by atoms with Crippen molar-refractivity contribution in [1.29, 1.82) is 0 Å². The van der Waals surface area contributed by atoms with Gasteiger partial charge in [-0.05, 0) is 26.7 Å². The molecule has 2 N–H and O–H groups in total. The van der Waals surface area contributed by atoms with Crippen LogP contribution in [0.4, 0.5) is 0 Å². The molecule has 0 aromatic heterocycles. The van der Waals surface area contributed by atoms with E-state index in [9.17, 15) is 0 Å². The van der Waals surface area contributed by atoms with Crippen LogP contribution in [0.25, 0.3) is 0 Å². The van der Waals surface area contributed by atoms with Crippen LogP contribution in [-0.2, 0) is 4.74 Å². The molecule has 0 saturated heterocycles. The van der Waals surface area contributed by atoms with E-state index in [4.69, 9.17) is 22.7 Å². The number of hydrogen-bond acceptors (Lipinski definition) is 2. The molecule has 0 aliphatic carbocycles. The van der Waals surface area contributed by atoms with E-state index in [-0.39, 0.29) is 11.7 Å². The molecule has 1 atom stereocenters. The summed E-state index contributed by atoms with van der Waals surface area (Å²) in [5.74, 6) is 0. The molecule has 72 valence electrons. The van der Waals surface area contributed by atoms with Crippen molar-refractivity contribution in [3.8, 4) is 0 Å². The minimum atomic E-state index is -0.121. The lowest BCUT2D eigenvalue weighted by atomic mass is 10.1. The Balaban J connectivity index is 4.11. The molecule has 0 heterocycles. The standard InChI is InChI=1S/C9H19NOS/c1-5-7(8(10)12)11-9(3,4)6-2/h7H,5-6H2,1-4H3,(H2,10,12). The summed E-state index contributed by atoms with van der Waals surface area (Å²) in [6.07, 6.45) is 1.74. The first-order chi connectivity index (χ1) is 5.43. The van der Waals surface area contributed by atoms with Crippen molar-refractivity contribution < 1.29 is 4.74 Å². The van der Waals surface area contributed by atoms with E-state index < -0.39 is 0 Å². The fourth-order valence-electron chi connectivity index (χ4n) is 0.811. The highest BCUT2D eigenvalue weighted by molar-refractivity contribution is 7.80. The highest BCUT2D eigenvalue weighted by Gasteiger charge is 2.21. The Morgan fingerprint density at radius 3 is 2.25 bits per heavy atom. The van der Waals surface area contributed by atoms with Gasteiger partial charge in [0.25, 0.3) is 0 Å². The molecule has 0 aromatic rings. The molecule has 0 bridgehead atoms. The number of nitrogens with two attached hydrogens (primary N) is 1. The van der Waals surface area contributed by atoms with Crippen molar-refractivity contribution in [2.45, 2.75) is 52.2 Å². The second kappa shape index (κ2) is 4.77. The van der Waals surface area contributed by atoms with Gasteiger partial charge in [0, 0.05) is 0 Å². The van der Waals surface area contributed by atoms with E-state index in [0.29, 0.717) is 4.99 Å². The first kappa shape index (κ1) is 11.8. The molecular weight excluding hydrogens is 170 g/mol. The third-order valence-corrected chi connectivity index (χ3v) is 2.26. The van der Waals surface area contributed by atoms with Gasteiger partial charge in [-0.3, -0.25) is 0 Å². The molecule has 0 radical (unpaired) electrons. The summed E-state index contributed by atoms with van der Waals surface area (Å²) in [6.45, 7) is 8.21. The molecule has 0 amide bonds. The molecule has 0 fully saturated rings. The van der Waals surface area contributed by atoms with Gasteiger partial charge in [0.05, 0.1) is 5.60 Å². The van der Waals surface area contributed by atoms with Crippen LogP contribution in [0, 0.1) is 0 Å². The van der Waals surface area contributed by atoms with Crippen LogP contribution in [-0.4, -0.2) is 16.7 Å². The van der Waals surface area contributed by atoms with Crippen molar-refractivity contribution in [2.24, 2.45) is 5.73 Å². The predicted molar refractivity (Wildman–Crippen MR) is 56.3 cm³/mol. The van der Waals surface area contributed by atoms with Gasteiger partial charge in [-0.2, -0.15) is 0 Å². The van der Waals surface area contributed by atoms with E-state index in [1.165, 1.54) is 0 Å². The minimum Gasteiger partial charge on any atom is -0.391 e. The number of thiocarbonyl (C=S) groups is 1. The van der Waals surface area contributed by atoms with Gasteiger partial charge >= 0.3 is 0 Å². The zero-order valence-corrected chi connectivity index (χ0v) is 9.20. The van der Waals surface area contributed by atoms with Crippen LogP contribution in [0.5, 0.6) is 0 Å². The first-order valence-corrected chi connectivity index (χ1v) is 4.81. The molecule has 0 aliphatic heterocycles. The molecule has 12 heavy (non-hydrogen) atoms. The lowest BCUT2D eigenvalue weighted by Gasteiger charge is -2.28. The largest absolute Gasteiger partial charge is 0.391 e. The van der Waals surface area contributed by atoms with Gasteiger partial charge in [-0.15, -0.1) is 0 Å². The van der Waals surface area contributed by atoms with Gasteiger partial charge in [-0.1, -0.05) is 26.1 Å². The van der Waals surface area contributed by atoms with Crippen LogP contribution in [0.3, 0.4) is 0 Å². The Labute approximate surface area is 80.5 Å². The van der Waals surface area contributed by atoms with Gasteiger partial charge in [-0.25, -0.2) is 0 Å². The van der Waals surface area contributed by atoms with Crippen molar-refractivity contribution >= 4 is 17.2 Å². The summed E-state index contributed by atoms with van der Waals surface area (Å²) < 4.78 is 5.73. The summed E-state index contributed by atoms with van der Waals surface area (Å²) in [6, 6.07) is 0. The Morgan fingerprint density at radius 2 is 2.00 bits per heavy atom. The maximum atomic E-state index is 5.73. The monoisotopic (exact) mass is 189 g/mol. The molecule has 0 rings (SSSR count). The van der Waals surface area contributed by atoms with Crippen molar-refractivity contribution in [3.05, 3.63) is 0 Å². The fourth-order valence-corrected chi connectivity index (χ4v) is 1.03. The van der Waals surface area contributed by atoms with E-state index in [2.05, 4.69) is 6.92 Å². The third-order valence-electron chi connectivity index (χ3n) is 2.00. The second-order valence-corrected chi connectivity index (χ2v) is 4.00. The molecular formula is C9H19NOS. The minimum absolute atomic E-state index is 0.0741. The van der Waals surface area contributed by atoms with Gasteiger partial charge in [0.2, 0.25) is 0 Å². The van der Waals surface area contributed by atoms with E-state index >= 15 is 0 Å². The quantitative estimate of drug-likeness (QED) is 0.674. The topological polar surface area (TPSA) is 35.2 Å². The molecule has 0 saturated carbocycles. The number of hydrogen-bond donors (Lipinski definition) is 1. The van der Waals surface area contributed by atoms with Crippen LogP contribution in [0.15, 0.2) is 0 Å². The SMILES string of the molecule is CCC(OC(C)(C)CC)C(N)=S. The molecule has 1 unspecified atom stereocenters. The maximum Gasteiger partial charge on any atom is 0.108 e. The Hall–Kier alpha value is -0.150. The molecule has 2 nitrogen and oxygen atoms in total. The van der Waals surface area contributed by atoms with Crippen molar-refractivity contribution in [2.75, 3.05) is 0 Å². The van der Waals surface area contributed by atoms with E-state index in [1.54, 1.807) is 0 Å². The lowest BCUT2D eigenvalue weighted by Crippen LogP contribution is -2.37. The normalized spacial score (nSPS) is 14.3. The lowest BCUT2D eigenvalue weighted by molar-refractivity contribution is -0.0452. The Morgan fingerprint density at radius 1 is 1.50 bits per heavy atom. The number of ether oxygens (including phenoxy) is 1. The highest BCUT2D eigenvalue weighted by Crippen LogP contribution is 2.17. The van der Waals surface area contributed by atoms with Crippen molar-refractivity contribution in [3.63, 3.8) is 0 Å². The zero-order chi connectivity index (χ0) is 9.78. The molecule has 0 aliphatic rings. The van der Waals surface area contributed by atoms with Crippen molar-refractivity contribution in [1.82, 2.24) is 0 Å². The van der Waals surface area contributed by atoms with Crippen LogP contribution < -0.4 is 5.73 Å². The average molecular weight is 189 g/mol. The van der Waals surface area contributed by atoms with Gasteiger partial charge in [0.15, 0.2) is 0 Å². The van der Waals surface area contributed by atoms with Crippen LogP contribution in [0.1, 0.15) is 40.5 Å². The zero-order valence-electron chi connectivity index (χ0n) is 8.39. The molecule has 0 aromatic carbocycles. The first-order valence-electron chi connectivity index (χ1n) is 4.40. The summed E-state index contributed by atoms with van der Waals surface area (Å²) in [5, 5.41) is 0. The summed E-state index contributed by atoms with van der Waals surface area (Å²) in [4.78, 5) is 0.457. The molecule has 3 heteroatoms. The number of rotatable bonds is 5. The predicted octanol–water partition coefficient (Wildman–Crippen LogP) is 2.26. The van der Waals surface area contributed by atoms with E-state index in [0.717, 1.165) is 12.8 Å². The van der Waals surface area contributed by atoms with Gasteiger partial charge < -0.3 is 10.5 Å². The molecule has 0 spiro atoms. The van der Waals surface area contributed by atoms with Crippen LogP contribution >= 0.6 is 12.2 Å². The highest BCUT2D eigenvalue weighted by atomic mass is 32.1. The summed E-state index contributed by atoms with van der Waals surface area (Å²) >= 11 is 4.88. The average Bonchev–Trinajstić information content (AvgIpc) is 2.00. The maximum absolute atomic E-state index is 5.73. The fraction of sp³-hybridized carbons (Fsp3) is 0.889. The Kier molecular flexibility index (Phi) is 4.71. The summed E-state index contributed by atoms with van der Waals surface area (Å²) in [5.41, 5.74) is 5.39. The smallest absolute Gasteiger partial charge is 0.108 e. The summed E-state index contributed by atoms with van der Waals surface area (Å²) in [7, 11) is 0. The van der Waals surface area contributed by atoms with Crippen LogP contribution in [0.2, 0.25) is 0 Å².